The van der Waals surface area contributed by atoms with Gasteiger partial charge in [-0.2, -0.15) is 0 Å². The van der Waals surface area contributed by atoms with E-state index in [1.807, 2.05) is 12.1 Å². The number of nitrogens with zero attached hydrogens (tertiary/aromatic N) is 1. The second-order valence-electron chi connectivity index (χ2n) is 6.65. The Morgan fingerprint density at radius 2 is 1.85 bits per heavy atom. The quantitative estimate of drug-likeness (QED) is 0.753. The minimum Gasteiger partial charge on any atom is -0.348 e. The van der Waals surface area contributed by atoms with Gasteiger partial charge in [0, 0.05) is 17.0 Å². The predicted molar refractivity (Wildman–Crippen MR) is 102 cm³/mol. The number of fused-ring (bicyclic) bond motifs is 1. The average molecular weight is 384 g/mol. The summed E-state index contributed by atoms with van der Waals surface area (Å²) in [5.41, 5.74) is 2.31. The van der Waals surface area contributed by atoms with Gasteiger partial charge in [-0.15, -0.1) is 0 Å². The van der Waals surface area contributed by atoms with E-state index in [1.165, 1.54) is 12.1 Å². The summed E-state index contributed by atoms with van der Waals surface area (Å²) in [6.45, 7) is 0. The van der Waals surface area contributed by atoms with E-state index in [-0.39, 0.29) is 29.3 Å². The van der Waals surface area contributed by atoms with Crippen LogP contribution in [0.4, 0.5) is 4.39 Å². The average Bonchev–Trinajstić information content (AvgIpc) is 2.99. The zero-order chi connectivity index (χ0) is 19.0. The van der Waals surface area contributed by atoms with Gasteiger partial charge in [-0.3, -0.25) is 4.79 Å². The number of carbonyl (C=O) groups is 1. The number of halogens is 1. The third kappa shape index (κ3) is 3.68. The number of benzene rings is 2. The van der Waals surface area contributed by atoms with Crippen molar-refractivity contribution in [3.63, 3.8) is 0 Å². The van der Waals surface area contributed by atoms with E-state index in [4.69, 9.17) is 0 Å². The van der Waals surface area contributed by atoms with Crippen LogP contribution in [-0.2, 0) is 9.84 Å². The standard InChI is InChI=1S/C20H17FN2O3S/c21-14-7-5-13(6-8-14)19-11-17(16-3-1-2-4-18(16)23-19)20(24)22-15-9-10-27(25,26)12-15/h1-8,11,15H,9-10,12H2,(H,22,24)/t15-/m0/s1. The van der Waals surface area contributed by atoms with Crippen LogP contribution in [0.3, 0.4) is 0 Å². The van der Waals surface area contributed by atoms with E-state index in [0.29, 0.717) is 34.1 Å². The molecule has 1 amide bonds. The first-order valence-electron chi connectivity index (χ1n) is 8.58. The van der Waals surface area contributed by atoms with E-state index in [0.717, 1.165) is 0 Å². The minimum atomic E-state index is -3.08. The van der Waals surface area contributed by atoms with Crippen molar-refractivity contribution in [3.8, 4) is 11.3 Å². The second-order valence-corrected chi connectivity index (χ2v) is 8.88. The Morgan fingerprint density at radius 3 is 2.56 bits per heavy atom. The number of hydrogen-bond donors (Lipinski definition) is 1. The Kier molecular flexibility index (Phi) is 4.39. The molecule has 2 aromatic carbocycles. The van der Waals surface area contributed by atoms with Crippen molar-refractivity contribution in [3.05, 3.63) is 66.0 Å². The van der Waals surface area contributed by atoms with Gasteiger partial charge in [0.15, 0.2) is 9.84 Å². The summed E-state index contributed by atoms with van der Waals surface area (Å²) in [5.74, 6) is -0.623. The van der Waals surface area contributed by atoms with Crippen LogP contribution in [0.1, 0.15) is 16.8 Å². The maximum atomic E-state index is 13.2. The van der Waals surface area contributed by atoms with Crippen LogP contribution in [0.2, 0.25) is 0 Å². The maximum absolute atomic E-state index is 13.2. The zero-order valence-electron chi connectivity index (χ0n) is 14.4. The Hall–Kier alpha value is -2.80. The van der Waals surface area contributed by atoms with Crippen molar-refractivity contribution < 1.29 is 17.6 Å². The summed E-state index contributed by atoms with van der Waals surface area (Å²) >= 11 is 0. The van der Waals surface area contributed by atoms with E-state index < -0.39 is 9.84 Å². The highest BCUT2D eigenvalue weighted by Gasteiger charge is 2.29. The van der Waals surface area contributed by atoms with Crippen LogP contribution < -0.4 is 5.32 Å². The molecule has 0 saturated carbocycles. The highest BCUT2D eigenvalue weighted by Crippen LogP contribution is 2.25. The number of aromatic nitrogens is 1. The van der Waals surface area contributed by atoms with E-state index in [1.54, 1.807) is 30.3 Å². The van der Waals surface area contributed by atoms with Gasteiger partial charge >= 0.3 is 0 Å². The molecular formula is C20H17FN2O3S. The van der Waals surface area contributed by atoms with Gasteiger partial charge in [0.05, 0.1) is 28.3 Å². The molecule has 4 rings (SSSR count). The Labute approximate surface area is 156 Å². The van der Waals surface area contributed by atoms with E-state index >= 15 is 0 Å². The van der Waals surface area contributed by atoms with Crippen LogP contribution in [0, 0.1) is 5.82 Å². The smallest absolute Gasteiger partial charge is 0.252 e. The molecule has 1 aliphatic heterocycles. The molecule has 1 N–H and O–H groups in total. The topological polar surface area (TPSA) is 76.1 Å². The molecule has 0 aliphatic carbocycles. The molecule has 1 aliphatic rings. The molecule has 0 spiro atoms. The molecule has 0 bridgehead atoms. The molecule has 0 unspecified atom stereocenters. The van der Waals surface area contributed by atoms with Gasteiger partial charge in [0.2, 0.25) is 0 Å². The lowest BCUT2D eigenvalue weighted by Crippen LogP contribution is -2.35. The normalized spacial score (nSPS) is 18.5. The lowest BCUT2D eigenvalue weighted by atomic mass is 10.0. The molecule has 7 heteroatoms. The molecule has 1 saturated heterocycles. The fourth-order valence-electron chi connectivity index (χ4n) is 3.30. The fourth-order valence-corrected chi connectivity index (χ4v) is 4.98. The van der Waals surface area contributed by atoms with E-state index in [2.05, 4.69) is 10.3 Å². The van der Waals surface area contributed by atoms with Gasteiger partial charge in [-0.25, -0.2) is 17.8 Å². The van der Waals surface area contributed by atoms with Crippen molar-refractivity contribution in [1.29, 1.82) is 0 Å². The summed E-state index contributed by atoms with van der Waals surface area (Å²) in [4.78, 5) is 17.4. The van der Waals surface area contributed by atoms with Gasteiger partial charge in [-0.1, -0.05) is 18.2 Å². The monoisotopic (exact) mass is 384 g/mol. The molecule has 0 radical (unpaired) electrons. The van der Waals surface area contributed by atoms with Crippen LogP contribution in [0.25, 0.3) is 22.2 Å². The Morgan fingerprint density at radius 1 is 1.11 bits per heavy atom. The van der Waals surface area contributed by atoms with Crippen molar-refractivity contribution in [2.24, 2.45) is 0 Å². The highest BCUT2D eigenvalue weighted by atomic mass is 32.2. The number of para-hydroxylation sites is 1. The summed E-state index contributed by atoms with van der Waals surface area (Å²) < 4.78 is 36.5. The lowest BCUT2D eigenvalue weighted by Gasteiger charge is -2.14. The van der Waals surface area contributed by atoms with Gasteiger partial charge < -0.3 is 5.32 Å². The molecule has 1 atom stereocenters. The van der Waals surface area contributed by atoms with Crippen molar-refractivity contribution >= 4 is 26.6 Å². The molecule has 138 valence electrons. The molecule has 1 fully saturated rings. The maximum Gasteiger partial charge on any atom is 0.252 e. The lowest BCUT2D eigenvalue weighted by molar-refractivity contribution is 0.0943. The second kappa shape index (κ2) is 6.74. The molecular weight excluding hydrogens is 367 g/mol. The summed E-state index contributed by atoms with van der Waals surface area (Å²) in [5, 5.41) is 3.51. The van der Waals surface area contributed by atoms with Crippen molar-refractivity contribution in [2.75, 3.05) is 11.5 Å². The van der Waals surface area contributed by atoms with Crippen LogP contribution in [0.5, 0.6) is 0 Å². The summed E-state index contributed by atoms with van der Waals surface area (Å²) in [7, 11) is -3.08. The van der Waals surface area contributed by atoms with E-state index in [9.17, 15) is 17.6 Å². The molecule has 3 aromatic rings. The molecule has 1 aromatic heterocycles. The highest BCUT2D eigenvalue weighted by molar-refractivity contribution is 7.91. The van der Waals surface area contributed by atoms with Gasteiger partial charge in [0.25, 0.3) is 5.91 Å². The third-order valence-electron chi connectivity index (χ3n) is 4.67. The minimum absolute atomic E-state index is 0.0351. The van der Waals surface area contributed by atoms with Crippen molar-refractivity contribution in [1.82, 2.24) is 10.3 Å². The van der Waals surface area contributed by atoms with Gasteiger partial charge in [-0.05, 0) is 42.8 Å². The number of pyridine rings is 1. The molecule has 5 nitrogen and oxygen atoms in total. The largest absolute Gasteiger partial charge is 0.348 e. The van der Waals surface area contributed by atoms with Crippen LogP contribution in [-0.4, -0.2) is 36.9 Å². The first-order valence-corrected chi connectivity index (χ1v) is 10.4. The predicted octanol–water partition coefficient (Wildman–Crippen LogP) is 2.96. The van der Waals surface area contributed by atoms with Crippen LogP contribution in [0.15, 0.2) is 54.6 Å². The summed E-state index contributed by atoms with van der Waals surface area (Å²) in [6.07, 6.45) is 0.419. The number of carbonyl (C=O) groups excluding carboxylic acids is 1. The Bertz CT molecular complexity index is 1130. The van der Waals surface area contributed by atoms with Crippen molar-refractivity contribution in [2.45, 2.75) is 12.5 Å². The Balaban J connectivity index is 1.74. The zero-order valence-corrected chi connectivity index (χ0v) is 15.2. The number of amides is 1. The molecule has 2 heterocycles. The number of rotatable bonds is 3. The van der Waals surface area contributed by atoms with Gasteiger partial charge in [0.1, 0.15) is 5.82 Å². The van der Waals surface area contributed by atoms with Crippen LogP contribution >= 0.6 is 0 Å². The number of hydrogen-bond acceptors (Lipinski definition) is 4. The number of nitrogens with one attached hydrogen (secondary N) is 1. The molecule has 27 heavy (non-hydrogen) atoms. The SMILES string of the molecule is O=C(N[C@H]1CCS(=O)(=O)C1)c1cc(-c2ccc(F)cc2)nc2ccccc12. The third-order valence-corrected chi connectivity index (χ3v) is 6.44. The number of sulfone groups is 1. The first kappa shape index (κ1) is 17.6. The fraction of sp³-hybridized carbons (Fsp3) is 0.200. The summed E-state index contributed by atoms with van der Waals surface area (Å²) in [6, 6.07) is 14.4. The first-order chi connectivity index (χ1) is 12.9.